The molecule has 1 saturated heterocycles. The first kappa shape index (κ1) is 18.7. The molecule has 0 unspecified atom stereocenters. The van der Waals surface area contributed by atoms with E-state index in [1.165, 1.54) is 6.07 Å². The van der Waals surface area contributed by atoms with Crippen LogP contribution in [0.3, 0.4) is 0 Å². The Balaban J connectivity index is 2.14. The zero-order valence-electron chi connectivity index (χ0n) is 13.9. The van der Waals surface area contributed by atoms with Gasteiger partial charge < -0.3 is 10.0 Å². The van der Waals surface area contributed by atoms with E-state index in [4.69, 9.17) is 5.11 Å². The van der Waals surface area contributed by atoms with Crippen LogP contribution < -0.4 is 0 Å². The SMILES string of the molecule is CC(C)(C(=O)N1CCN(CCO)CC1)c1cccc(C(F)(F)F)c1. The number of aliphatic hydroxyl groups excluding tert-OH is 1. The number of nitrogens with zero attached hydrogens (tertiary/aromatic N) is 2. The van der Waals surface area contributed by atoms with Gasteiger partial charge in [-0.2, -0.15) is 13.2 Å². The molecule has 0 bridgehead atoms. The van der Waals surface area contributed by atoms with E-state index in [1.807, 2.05) is 0 Å². The lowest BCUT2D eigenvalue weighted by atomic mass is 9.82. The van der Waals surface area contributed by atoms with Crippen molar-refractivity contribution in [1.29, 1.82) is 0 Å². The summed E-state index contributed by atoms with van der Waals surface area (Å²) in [6.45, 7) is 6.30. The molecule has 24 heavy (non-hydrogen) atoms. The number of halogens is 3. The van der Waals surface area contributed by atoms with Crippen LogP contribution in [0.4, 0.5) is 13.2 Å². The molecule has 1 aliphatic rings. The number of alkyl halides is 3. The summed E-state index contributed by atoms with van der Waals surface area (Å²) in [7, 11) is 0. The number of carbonyl (C=O) groups is 1. The number of β-amino-alcohol motifs (C(OH)–C–C–N with tert-alkyl or cyclic N) is 1. The van der Waals surface area contributed by atoms with Crippen LogP contribution >= 0.6 is 0 Å². The van der Waals surface area contributed by atoms with E-state index in [2.05, 4.69) is 4.90 Å². The Morgan fingerprint density at radius 2 is 1.71 bits per heavy atom. The van der Waals surface area contributed by atoms with E-state index in [1.54, 1.807) is 24.8 Å². The third-order valence-electron chi connectivity index (χ3n) is 4.52. The van der Waals surface area contributed by atoms with Gasteiger partial charge in [0.1, 0.15) is 0 Å². The largest absolute Gasteiger partial charge is 0.416 e. The van der Waals surface area contributed by atoms with Crippen molar-refractivity contribution >= 4 is 5.91 Å². The lowest BCUT2D eigenvalue weighted by Crippen LogP contribution is -2.53. The molecule has 0 atom stereocenters. The average molecular weight is 344 g/mol. The molecule has 134 valence electrons. The summed E-state index contributed by atoms with van der Waals surface area (Å²) in [6, 6.07) is 4.97. The molecule has 1 fully saturated rings. The van der Waals surface area contributed by atoms with Crippen LogP contribution in [-0.2, 0) is 16.4 Å². The van der Waals surface area contributed by atoms with Crippen LogP contribution in [0.1, 0.15) is 25.0 Å². The Kier molecular flexibility index (Phi) is 5.55. The second-order valence-corrected chi connectivity index (χ2v) is 6.56. The molecule has 1 aliphatic heterocycles. The summed E-state index contributed by atoms with van der Waals surface area (Å²) in [6.07, 6.45) is -4.43. The molecule has 1 N–H and O–H groups in total. The Bertz CT molecular complexity index is 579. The Morgan fingerprint density at radius 1 is 1.12 bits per heavy atom. The minimum absolute atomic E-state index is 0.0731. The van der Waals surface area contributed by atoms with Gasteiger partial charge in [-0.05, 0) is 25.5 Å². The van der Waals surface area contributed by atoms with Gasteiger partial charge in [0.05, 0.1) is 17.6 Å². The van der Waals surface area contributed by atoms with Crippen LogP contribution in [0, 0.1) is 0 Å². The summed E-state index contributed by atoms with van der Waals surface area (Å²) in [4.78, 5) is 16.6. The number of piperazine rings is 1. The maximum atomic E-state index is 12.9. The molecule has 0 spiro atoms. The van der Waals surface area contributed by atoms with Crippen LogP contribution in [-0.4, -0.2) is 60.1 Å². The molecule has 4 nitrogen and oxygen atoms in total. The van der Waals surface area contributed by atoms with Crippen LogP contribution in [0.5, 0.6) is 0 Å². The van der Waals surface area contributed by atoms with Crippen molar-refractivity contribution in [2.24, 2.45) is 0 Å². The first-order chi connectivity index (χ1) is 11.2. The smallest absolute Gasteiger partial charge is 0.395 e. The molecule has 0 radical (unpaired) electrons. The summed E-state index contributed by atoms with van der Waals surface area (Å²) in [5.41, 5.74) is -1.41. The first-order valence-electron chi connectivity index (χ1n) is 7.96. The maximum Gasteiger partial charge on any atom is 0.416 e. The predicted molar refractivity (Wildman–Crippen MR) is 84.6 cm³/mol. The molecule has 1 heterocycles. The van der Waals surface area contributed by atoms with Gasteiger partial charge in [0.2, 0.25) is 5.91 Å². The molecule has 0 saturated carbocycles. The number of carbonyl (C=O) groups excluding carboxylic acids is 1. The molecular formula is C17H23F3N2O2. The van der Waals surface area contributed by atoms with Gasteiger partial charge in [-0.1, -0.05) is 18.2 Å². The summed E-state index contributed by atoms with van der Waals surface area (Å²) in [5, 5.41) is 8.95. The van der Waals surface area contributed by atoms with Gasteiger partial charge in [-0.25, -0.2) is 0 Å². The van der Waals surface area contributed by atoms with Crippen molar-refractivity contribution in [2.45, 2.75) is 25.4 Å². The quantitative estimate of drug-likeness (QED) is 0.910. The molecule has 0 aliphatic carbocycles. The zero-order chi connectivity index (χ0) is 18.0. The first-order valence-corrected chi connectivity index (χ1v) is 7.96. The van der Waals surface area contributed by atoms with E-state index in [9.17, 15) is 18.0 Å². The van der Waals surface area contributed by atoms with Crippen LogP contribution in [0.15, 0.2) is 24.3 Å². The lowest BCUT2D eigenvalue weighted by Gasteiger charge is -2.38. The fraction of sp³-hybridized carbons (Fsp3) is 0.588. The second-order valence-electron chi connectivity index (χ2n) is 6.56. The molecule has 0 aromatic heterocycles. The highest BCUT2D eigenvalue weighted by Gasteiger charge is 2.37. The van der Waals surface area contributed by atoms with Gasteiger partial charge in [0.15, 0.2) is 0 Å². The molecule has 2 rings (SSSR count). The van der Waals surface area contributed by atoms with Gasteiger partial charge >= 0.3 is 6.18 Å². The van der Waals surface area contributed by atoms with Gasteiger partial charge in [0.25, 0.3) is 0 Å². The molecule has 1 aromatic carbocycles. The van der Waals surface area contributed by atoms with Crippen molar-refractivity contribution in [2.75, 3.05) is 39.3 Å². The maximum absolute atomic E-state index is 12.9. The minimum Gasteiger partial charge on any atom is -0.395 e. The fourth-order valence-corrected chi connectivity index (χ4v) is 2.92. The third-order valence-corrected chi connectivity index (χ3v) is 4.52. The van der Waals surface area contributed by atoms with E-state index < -0.39 is 17.2 Å². The van der Waals surface area contributed by atoms with Gasteiger partial charge in [0, 0.05) is 32.7 Å². The van der Waals surface area contributed by atoms with Gasteiger partial charge in [-0.3, -0.25) is 9.69 Å². The number of aliphatic hydroxyl groups is 1. The molecule has 1 aromatic rings. The summed E-state index contributed by atoms with van der Waals surface area (Å²) >= 11 is 0. The molecule has 1 amide bonds. The highest BCUT2D eigenvalue weighted by atomic mass is 19.4. The summed E-state index contributed by atoms with van der Waals surface area (Å²) in [5.74, 6) is -0.175. The van der Waals surface area contributed by atoms with E-state index >= 15 is 0 Å². The van der Waals surface area contributed by atoms with Crippen molar-refractivity contribution in [3.05, 3.63) is 35.4 Å². The normalized spacial score (nSPS) is 17.2. The highest BCUT2D eigenvalue weighted by Crippen LogP contribution is 2.33. The monoisotopic (exact) mass is 344 g/mol. The van der Waals surface area contributed by atoms with E-state index in [0.29, 0.717) is 38.3 Å². The van der Waals surface area contributed by atoms with E-state index in [0.717, 1.165) is 12.1 Å². The lowest BCUT2D eigenvalue weighted by molar-refractivity contribution is -0.139. The van der Waals surface area contributed by atoms with Crippen molar-refractivity contribution in [3.8, 4) is 0 Å². The topological polar surface area (TPSA) is 43.8 Å². The van der Waals surface area contributed by atoms with Crippen LogP contribution in [0.2, 0.25) is 0 Å². The summed E-state index contributed by atoms with van der Waals surface area (Å²) < 4.78 is 38.7. The number of amides is 1. The van der Waals surface area contributed by atoms with E-state index in [-0.39, 0.29) is 12.5 Å². The number of hydrogen-bond donors (Lipinski definition) is 1. The average Bonchev–Trinajstić information content (AvgIpc) is 2.54. The van der Waals surface area contributed by atoms with Crippen molar-refractivity contribution in [1.82, 2.24) is 9.80 Å². The fourth-order valence-electron chi connectivity index (χ4n) is 2.92. The standard InChI is InChI=1S/C17H23F3N2O2/c1-16(2,13-4-3-5-14(12-13)17(18,19)20)15(24)22-8-6-21(7-9-22)10-11-23/h3-5,12,23H,6-11H2,1-2H3. The van der Waals surface area contributed by atoms with Crippen molar-refractivity contribution < 1.29 is 23.1 Å². The second kappa shape index (κ2) is 7.11. The number of rotatable bonds is 4. The zero-order valence-corrected chi connectivity index (χ0v) is 13.9. The number of hydrogen-bond acceptors (Lipinski definition) is 3. The van der Waals surface area contributed by atoms with Gasteiger partial charge in [-0.15, -0.1) is 0 Å². The third kappa shape index (κ3) is 4.08. The minimum atomic E-state index is -4.43. The predicted octanol–water partition coefficient (Wildman–Crippen LogP) is 2.12. The Hall–Kier alpha value is -1.60. The molecular weight excluding hydrogens is 321 g/mol. The van der Waals surface area contributed by atoms with Crippen LogP contribution in [0.25, 0.3) is 0 Å². The number of benzene rings is 1. The Labute approximate surface area is 139 Å². The van der Waals surface area contributed by atoms with Crippen molar-refractivity contribution in [3.63, 3.8) is 0 Å². The highest BCUT2D eigenvalue weighted by molar-refractivity contribution is 5.87. The molecule has 7 heteroatoms. The Morgan fingerprint density at radius 3 is 2.25 bits per heavy atom.